The summed E-state index contributed by atoms with van der Waals surface area (Å²) in [6.45, 7) is 4.46. The minimum Gasteiger partial charge on any atom is -0.496 e. The van der Waals surface area contributed by atoms with Crippen LogP contribution >= 0.6 is 11.3 Å². The van der Waals surface area contributed by atoms with Gasteiger partial charge >= 0.3 is 0 Å². The second-order valence-corrected chi connectivity index (χ2v) is 5.85. The topological polar surface area (TPSA) is 45.6 Å². The molecule has 0 fully saturated rings. The van der Waals surface area contributed by atoms with Crippen LogP contribution in [0.1, 0.15) is 29.3 Å². The van der Waals surface area contributed by atoms with E-state index in [0.29, 0.717) is 12.3 Å². The van der Waals surface area contributed by atoms with Gasteiger partial charge in [-0.25, -0.2) is 4.98 Å². The summed E-state index contributed by atoms with van der Waals surface area (Å²) in [5.41, 5.74) is 2.81. The SMILES string of the molecule is COc1cccc(N(C)Cc2csc(C)n2)c1[C@H](C)O. The van der Waals surface area contributed by atoms with Crippen LogP contribution in [0.15, 0.2) is 23.6 Å². The Morgan fingerprint density at radius 3 is 2.75 bits per heavy atom. The average Bonchev–Trinajstić information content (AvgIpc) is 2.82. The van der Waals surface area contributed by atoms with E-state index in [-0.39, 0.29) is 0 Å². The van der Waals surface area contributed by atoms with E-state index in [9.17, 15) is 5.11 Å². The molecule has 0 saturated heterocycles. The summed E-state index contributed by atoms with van der Waals surface area (Å²) < 4.78 is 5.35. The molecule has 1 N–H and O–H groups in total. The van der Waals surface area contributed by atoms with E-state index in [0.717, 1.165) is 22.0 Å². The molecule has 1 aromatic heterocycles. The number of aromatic nitrogens is 1. The Balaban J connectivity index is 2.31. The molecule has 0 spiro atoms. The lowest BCUT2D eigenvalue weighted by atomic mass is 10.1. The monoisotopic (exact) mass is 292 g/mol. The van der Waals surface area contributed by atoms with Gasteiger partial charge in [0.2, 0.25) is 0 Å². The number of aliphatic hydroxyl groups excluding tert-OH is 1. The van der Waals surface area contributed by atoms with E-state index >= 15 is 0 Å². The number of methoxy groups -OCH3 is 1. The minimum absolute atomic E-state index is 0.583. The minimum atomic E-state index is -0.583. The van der Waals surface area contributed by atoms with Gasteiger partial charge in [0.05, 0.1) is 30.5 Å². The molecule has 0 amide bonds. The van der Waals surface area contributed by atoms with Crippen LogP contribution in [0, 0.1) is 6.92 Å². The standard InChI is InChI=1S/C15H20N2O2S/c1-10(18)15-13(6-5-7-14(15)19-4)17(3)8-12-9-20-11(2)16-12/h5-7,9-10,18H,8H2,1-4H3/t10-/m0/s1. The summed E-state index contributed by atoms with van der Waals surface area (Å²) in [5.74, 6) is 0.707. The first-order valence-electron chi connectivity index (χ1n) is 6.50. The van der Waals surface area contributed by atoms with Gasteiger partial charge in [-0.2, -0.15) is 0 Å². The van der Waals surface area contributed by atoms with Crippen molar-refractivity contribution in [2.45, 2.75) is 26.5 Å². The summed E-state index contributed by atoms with van der Waals surface area (Å²) >= 11 is 1.65. The number of hydrogen-bond acceptors (Lipinski definition) is 5. The molecule has 0 radical (unpaired) electrons. The van der Waals surface area contributed by atoms with Gasteiger partial charge in [0.15, 0.2) is 0 Å². The zero-order valence-corrected chi connectivity index (χ0v) is 13.1. The predicted octanol–water partition coefficient (Wildman–Crippen LogP) is 3.15. The number of benzene rings is 1. The molecule has 1 heterocycles. The molecule has 0 saturated carbocycles. The van der Waals surface area contributed by atoms with E-state index in [1.807, 2.05) is 32.2 Å². The number of ether oxygens (including phenoxy) is 1. The van der Waals surface area contributed by atoms with Crippen molar-refractivity contribution in [1.82, 2.24) is 4.98 Å². The molecule has 0 bridgehead atoms. The fourth-order valence-corrected chi connectivity index (χ4v) is 2.88. The highest BCUT2D eigenvalue weighted by Crippen LogP contribution is 2.34. The van der Waals surface area contributed by atoms with Crippen molar-refractivity contribution in [3.63, 3.8) is 0 Å². The Morgan fingerprint density at radius 1 is 1.45 bits per heavy atom. The van der Waals surface area contributed by atoms with Gasteiger partial charge in [0.1, 0.15) is 5.75 Å². The Labute approximate surface area is 123 Å². The molecule has 4 nitrogen and oxygen atoms in total. The zero-order chi connectivity index (χ0) is 14.7. The van der Waals surface area contributed by atoms with Crippen molar-refractivity contribution in [1.29, 1.82) is 0 Å². The molecular weight excluding hydrogens is 272 g/mol. The molecule has 1 aromatic carbocycles. The largest absolute Gasteiger partial charge is 0.496 e. The number of aryl methyl sites for hydroxylation is 1. The molecule has 0 unspecified atom stereocenters. The van der Waals surface area contributed by atoms with Crippen LogP contribution in [-0.2, 0) is 6.54 Å². The molecular formula is C15H20N2O2S. The Kier molecular flexibility index (Phi) is 4.62. The van der Waals surface area contributed by atoms with Crippen molar-refractivity contribution in [3.05, 3.63) is 39.8 Å². The third kappa shape index (κ3) is 3.11. The summed E-state index contributed by atoms with van der Waals surface area (Å²) in [5, 5.41) is 13.1. The average molecular weight is 292 g/mol. The Hall–Kier alpha value is -1.59. The quantitative estimate of drug-likeness (QED) is 0.919. The maximum atomic E-state index is 10.0. The van der Waals surface area contributed by atoms with Crippen LogP contribution in [0.3, 0.4) is 0 Å². The summed E-state index contributed by atoms with van der Waals surface area (Å²) in [7, 11) is 3.62. The first-order valence-corrected chi connectivity index (χ1v) is 7.38. The van der Waals surface area contributed by atoms with Crippen molar-refractivity contribution in [2.75, 3.05) is 19.1 Å². The fraction of sp³-hybridized carbons (Fsp3) is 0.400. The molecule has 2 aromatic rings. The number of anilines is 1. The summed E-state index contributed by atoms with van der Waals surface area (Å²) in [4.78, 5) is 6.56. The normalized spacial score (nSPS) is 12.2. The van der Waals surface area contributed by atoms with E-state index in [1.54, 1.807) is 25.4 Å². The maximum absolute atomic E-state index is 10.0. The summed E-state index contributed by atoms with van der Waals surface area (Å²) in [6, 6.07) is 5.79. The number of aliphatic hydroxyl groups is 1. The first kappa shape index (κ1) is 14.8. The van der Waals surface area contributed by atoms with Crippen LogP contribution in [-0.4, -0.2) is 24.2 Å². The smallest absolute Gasteiger partial charge is 0.126 e. The van der Waals surface area contributed by atoms with Gasteiger partial charge in [-0.15, -0.1) is 11.3 Å². The third-order valence-electron chi connectivity index (χ3n) is 3.16. The highest BCUT2D eigenvalue weighted by atomic mass is 32.1. The van der Waals surface area contributed by atoms with Crippen molar-refractivity contribution >= 4 is 17.0 Å². The van der Waals surface area contributed by atoms with Crippen LogP contribution in [0.5, 0.6) is 5.75 Å². The van der Waals surface area contributed by atoms with Crippen molar-refractivity contribution in [2.24, 2.45) is 0 Å². The van der Waals surface area contributed by atoms with Crippen LogP contribution in [0.4, 0.5) is 5.69 Å². The van der Waals surface area contributed by atoms with Crippen molar-refractivity contribution < 1.29 is 9.84 Å². The van der Waals surface area contributed by atoms with Gasteiger partial charge in [0.25, 0.3) is 0 Å². The van der Waals surface area contributed by atoms with E-state index < -0.39 is 6.10 Å². The van der Waals surface area contributed by atoms with Crippen LogP contribution in [0.25, 0.3) is 0 Å². The molecule has 20 heavy (non-hydrogen) atoms. The fourth-order valence-electron chi connectivity index (χ4n) is 2.27. The summed E-state index contributed by atoms with van der Waals surface area (Å²) in [6.07, 6.45) is -0.583. The maximum Gasteiger partial charge on any atom is 0.126 e. The highest BCUT2D eigenvalue weighted by Gasteiger charge is 2.17. The molecule has 108 valence electrons. The van der Waals surface area contributed by atoms with Gasteiger partial charge in [-0.05, 0) is 26.0 Å². The number of rotatable bonds is 5. The van der Waals surface area contributed by atoms with Crippen LogP contribution < -0.4 is 9.64 Å². The van der Waals surface area contributed by atoms with Crippen LogP contribution in [0.2, 0.25) is 0 Å². The van der Waals surface area contributed by atoms with E-state index in [4.69, 9.17) is 4.74 Å². The van der Waals surface area contributed by atoms with Crippen molar-refractivity contribution in [3.8, 4) is 5.75 Å². The Bertz CT molecular complexity index is 581. The third-order valence-corrected chi connectivity index (χ3v) is 3.98. The molecule has 5 heteroatoms. The van der Waals surface area contributed by atoms with Gasteiger partial charge < -0.3 is 14.7 Å². The second kappa shape index (κ2) is 6.24. The zero-order valence-electron chi connectivity index (χ0n) is 12.3. The van der Waals surface area contributed by atoms with Gasteiger partial charge in [-0.1, -0.05) is 6.07 Å². The molecule has 0 aliphatic carbocycles. The number of nitrogens with zero attached hydrogens (tertiary/aromatic N) is 2. The lowest BCUT2D eigenvalue weighted by Gasteiger charge is -2.24. The number of thiazole rings is 1. The van der Waals surface area contributed by atoms with Gasteiger partial charge in [-0.3, -0.25) is 0 Å². The highest BCUT2D eigenvalue weighted by molar-refractivity contribution is 7.09. The Morgan fingerprint density at radius 2 is 2.20 bits per heavy atom. The predicted molar refractivity (Wildman–Crippen MR) is 82.6 cm³/mol. The van der Waals surface area contributed by atoms with E-state index in [1.165, 1.54) is 0 Å². The second-order valence-electron chi connectivity index (χ2n) is 4.78. The van der Waals surface area contributed by atoms with Gasteiger partial charge in [0, 0.05) is 23.7 Å². The first-order chi connectivity index (χ1) is 9.52. The number of hydrogen-bond donors (Lipinski definition) is 1. The lowest BCUT2D eigenvalue weighted by Crippen LogP contribution is -2.19. The molecule has 2 rings (SSSR count). The molecule has 1 atom stereocenters. The molecule has 0 aliphatic rings. The van der Waals surface area contributed by atoms with E-state index in [2.05, 4.69) is 15.3 Å². The lowest BCUT2D eigenvalue weighted by molar-refractivity contribution is 0.194. The molecule has 0 aliphatic heterocycles.